The third-order valence-electron chi connectivity index (χ3n) is 5.65. The first kappa shape index (κ1) is 25.7. The second-order valence-corrected chi connectivity index (χ2v) is 7.65. The molecule has 6 nitrogen and oxygen atoms in total. The summed E-state index contributed by atoms with van der Waals surface area (Å²) >= 11 is 0. The molecule has 2 N–H and O–H groups in total. The summed E-state index contributed by atoms with van der Waals surface area (Å²) in [5.74, 6) is 0.680. The molecule has 2 heterocycles. The van der Waals surface area contributed by atoms with Crippen molar-refractivity contribution in [2.45, 2.75) is 32.2 Å². The van der Waals surface area contributed by atoms with Crippen LogP contribution in [0.15, 0.2) is 30.3 Å². The number of carbonyl (C=O) groups excluding carboxylic acids is 2. The second kappa shape index (κ2) is 13.8. The fraction of sp³-hybridized carbons (Fsp3) is 0.619. The van der Waals surface area contributed by atoms with E-state index in [4.69, 9.17) is 0 Å². The van der Waals surface area contributed by atoms with Crippen LogP contribution in [0.25, 0.3) is 0 Å². The van der Waals surface area contributed by atoms with E-state index in [1.54, 1.807) is 0 Å². The Kier molecular flexibility index (Phi) is 12.2. The SMILES string of the molecule is Cl.Cl.O=C(CCC1CCNCC1)NCC(=O)N1CCN(Cc2ccccc2)CC1. The van der Waals surface area contributed by atoms with Crippen LogP contribution in [-0.4, -0.2) is 67.4 Å². The van der Waals surface area contributed by atoms with E-state index in [9.17, 15) is 9.59 Å². The fourth-order valence-electron chi connectivity index (χ4n) is 3.88. The number of benzene rings is 1. The van der Waals surface area contributed by atoms with Crippen LogP contribution in [0.2, 0.25) is 0 Å². The van der Waals surface area contributed by atoms with Gasteiger partial charge in [0.2, 0.25) is 11.8 Å². The van der Waals surface area contributed by atoms with Crippen LogP contribution in [0.5, 0.6) is 0 Å². The van der Waals surface area contributed by atoms with E-state index in [1.165, 1.54) is 5.56 Å². The molecule has 2 amide bonds. The number of carbonyl (C=O) groups is 2. The Balaban J connectivity index is 0.00000210. The highest BCUT2D eigenvalue weighted by atomic mass is 35.5. The maximum Gasteiger partial charge on any atom is 0.242 e. The molecule has 1 aromatic carbocycles. The van der Waals surface area contributed by atoms with Gasteiger partial charge >= 0.3 is 0 Å². The Bertz CT molecular complexity index is 604. The third kappa shape index (κ3) is 8.91. The van der Waals surface area contributed by atoms with E-state index in [2.05, 4.69) is 39.8 Å². The van der Waals surface area contributed by atoms with Gasteiger partial charge in [0, 0.05) is 39.1 Å². The number of amides is 2. The molecule has 0 atom stereocenters. The molecule has 2 saturated heterocycles. The zero-order valence-corrected chi connectivity index (χ0v) is 18.6. The van der Waals surface area contributed by atoms with Gasteiger partial charge in [-0.1, -0.05) is 30.3 Å². The maximum absolute atomic E-state index is 12.4. The first-order valence-corrected chi connectivity index (χ1v) is 10.2. The molecule has 29 heavy (non-hydrogen) atoms. The van der Waals surface area contributed by atoms with Gasteiger partial charge < -0.3 is 15.5 Å². The van der Waals surface area contributed by atoms with Gasteiger partial charge in [0.1, 0.15) is 0 Å². The average Bonchev–Trinajstić information content (AvgIpc) is 2.72. The van der Waals surface area contributed by atoms with Crippen LogP contribution in [0.3, 0.4) is 0 Å². The predicted octanol–water partition coefficient (Wildman–Crippen LogP) is 2.07. The highest BCUT2D eigenvalue weighted by Gasteiger charge is 2.21. The predicted molar refractivity (Wildman–Crippen MR) is 121 cm³/mol. The molecule has 0 saturated carbocycles. The van der Waals surface area contributed by atoms with Gasteiger partial charge in [0.05, 0.1) is 6.54 Å². The topological polar surface area (TPSA) is 64.7 Å². The fourth-order valence-corrected chi connectivity index (χ4v) is 3.88. The summed E-state index contributed by atoms with van der Waals surface area (Å²) in [4.78, 5) is 28.6. The number of halogens is 2. The van der Waals surface area contributed by atoms with Gasteiger partial charge in [-0.3, -0.25) is 14.5 Å². The molecule has 1 aromatic rings. The number of nitrogens with zero attached hydrogens (tertiary/aromatic N) is 2. The lowest BCUT2D eigenvalue weighted by atomic mass is 9.93. The summed E-state index contributed by atoms with van der Waals surface area (Å²) in [5, 5.41) is 6.15. The van der Waals surface area contributed by atoms with Gasteiger partial charge in [0.15, 0.2) is 0 Å². The van der Waals surface area contributed by atoms with Crippen molar-refractivity contribution in [1.29, 1.82) is 0 Å². The van der Waals surface area contributed by atoms with E-state index < -0.39 is 0 Å². The standard InChI is InChI=1S/C21H32N4O2.2ClH/c26-20(7-6-18-8-10-22-11-9-18)23-16-21(27)25-14-12-24(13-15-25)17-19-4-2-1-3-5-19;;/h1-5,18,22H,6-17H2,(H,23,26);2*1H. The summed E-state index contributed by atoms with van der Waals surface area (Å²) in [6.45, 7) is 6.39. The Labute approximate surface area is 186 Å². The number of hydrogen-bond acceptors (Lipinski definition) is 4. The van der Waals surface area contributed by atoms with Crippen molar-refractivity contribution in [3.63, 3.8) is 0 Å². The minimum atomic E-state index is 0. The zero-order chi connectivity index (χ0) is 18.9. The minimum Gasteiger partial charge on any atom is -0.347 e. The molecular formula is C21H34Cl2N4O2. The number of hydrogen-bond donors (Lipinski definition) is 2. The molecule has 0 aliphatic carbocycles. The smallest absolute Gasteiger partial charge is 0.242 e. The lowest BCUT2D eigenvalue weighted by molar-refractivity contribution is -0.134. The Morgan fingerprint density at radius 1 is 1.00 bits per heavy atom. The van der Waals surface area contributed by atoms with Crippen molar-refractivity contribution in [2.24, 2.45) is 5.92 Å². The highest BCUT2D eigenvalue weighted by molar-refractivity contribution is 5.86. The normalized spacial score (nSPS) is 17.7. The molecule has 0 aromatic heterocycles. The van der Waals surface area contributed by atoms with E-state index in [1.807, 2.05) is 11.0 Å². The van der Waals surface area contributed by atoms with Crippen LogP contribution in [0, 0.1) is 5.92 Å². The molecule has 0 spiro atoms. The van der Waals surface area contributed by atoms with E-state index in [-0.39, 0.29) is 43.2 Å². The van der Waals surface area contributed by atoms with Crippen molar-refractivity contribution in [2.75, 3.05) is 45.8 Å². The van der Waals surface area contributed by atoms with Crippen LogP contribution in [0.1, 0.15) is 31.2 Å². The zero-order valence-electron chi connectivity index (χ0n) is 17.0. The number of nitrogens with one attached hydrogen (secondary N) is 2. The molecule has 0 bridgehead atoms. The summed E-state index contributed by atoms with van der Waals surface area (Å²) in [7, 11) is 0. The summed E-state index contributed by atoms with van der Waals surface area (Å²) < 4.78 is 0. The monoisotopic (exact) mass is 444 g/mol. The average molecular weight is 445 g/mol. The Hall–Kier alpha value is -1.34. The molecule has 164 valence electrons. The molecular weight excluding hydrogens is 411 g/mol. The molecule has 2 aliphatic heterocycles. The quantitative estimate of drug-likeness (QED) is 0.675. The summed E-state index contributed by atoms with van der Waals surface area (Å²) in [5.41, 5.74) is 1.30. The van der Waals surface area contributed by atoms with Crippen LogP contribution < -0.4 is 10.6 Å². The number of rotatable bonds is 7. The minimum absolute atomic E-state index is 0. The van der Waals surface area contributed by atoms with Gasteiger partial charge in [-0.15, -0.1) is 24.8 Å². The van der Waals surface area contributed by atoms with E-state index in [0.29, 0.717) is 12.3 Å². The lowest BCUT2D eigenvalue weighted by Crippen LogP contribution is -2.50. The van der Waals surface area contributed by atoms with E-state index >= 15 is 0 Å². The molecule has 3 rings (SSSR count). The second-order valence-electron chi connectivity index (χ2n) is 7.65. The number of piperidine rings is 1. The van der Waals surface area contributed by atoms with Gasteiger partial charge in [-0.05, 0) is 43.8 Å². The number of piperazine rings is 1. The van der Waals surface area contributed by atoms with Crippen LogP contribution >= 0.6 is 24.8 Å². The molecule has 0 unspecified atom stereocenters. The van der Waals surface area contributed by atoms with Gasteiger partial charge in [-0.25, -0.2) is 0 Å². The van der Waals surface area contributed by atoms with Crippen molar-refractivity contribution in [3.8, 4) is 0 Å². The van der Waals surface area contributed by atoms with Crippen molar-refractivity contribution in [3.05, 3.63) is 35.9 Å². The Morgan fingerprint density at radius 3 is 2.31 bits per heavy atom. The third-order valence-corrected chi connectivity index (χ3v) is 5.65. The molecule has 0 radical (unpaired) electrons. The molecule has 2 fully saturated rings. The summed E-state index contributed by atoms with van der Waals surface area (Å²) in [6, 6.07) is 10.4. The first-order valence-electron chi connectivity index (χ1n) is 10.2. The van der Waals surface area contributed by atoms with Gasteiger partial charge in [0.25, 0.3) is 0 Å². The van der Waals surface area contributed by atoms with Crippen molar-refractivity contribution >= 4 is 36.6 Å². The van der Waals surface area contributed by atoms with Crippen LogP contribution in [0.4, 0.5) is 0 Å². The maximum atomic E-state index is 12.4. The van der Waals surface area contributed by atoms with Crippen LogP contribution in [-0.2, 0) is 16.1 Å². The van der Waals surface area contributed by atoms with Crippen molar-refractivity contribution in [1.82, 2.24) is 20.4 Å². The largest absolute Gasteiger partial charge is 0.347 e. The van der Waals surface area contributed by atoms with Crippen molar-refractivity contribution < 1.29 is 9.59 Å². The molecule has 2 aliphatic rings. The highest BCUT2D eigenvalue weighted by Crippen LogP contribution is 2.17. The molecule has 8 heteroatoms. The first-order chi connectivity index (χ1) is 13.2. The Morgan fingerprint density at radius 2 is 1.66 bits per heavy atom. The summed E-state index contributed by atoms with van der Waals surface area (Å²) in [6.07, 6.45) is 3.77. The van der Waals surface area contributed by atoms with Gasteiger partial charge in [-0.2, -0.15) is 0 Å². The van der Waals surface area contributed by atoms with E-state index in [0.717, 1.165) is 65.1 Å². The lowest BCUT2D eigenvalue weighted by Gasteiger charge is -2.34.